The Morgan fingerprint density at radius 3 is 2.54 bits per heavy atom. The van der Waals surface area contributed by atoms with E-state index in [-0.39, 0.29) is 0 Å². The van der Waals surface area contributed by atoms with E-state index in [2.05, 4.69) is 39.1 Å². The van der Waals surface area contributed by atoms with Crippen LogP contribution in [0.2, 0.25) is 0 Å². The van der Waals surface area contributed by atoms with Crippen molar-refractivity contribution in [2.75, 3.05) is 0 Å². The SMILES string of the molecule is C=C(C)/C=C\C(=C)C(C)CCC(C)C1=C(O)c2ccccc2CC1. The molecule has 1 heteroatoms. The van der Waals surface area contributed by atoms with Crippen molar-refractivity contribution in [2.24, 2.45) is 11.8 Å². The first-order valence-electron chi connectivity index (χ1n) is 8.92. The van der Waals surface area contributed by atoms with Crippen LogP contribution in [0.1, 0.15) is 51.2 Å². The Morgan fingerprint density at radius 1 is 1.12 bits per heavy atom. The zero-order chi connectivity index (χ0) is 17.7. The van der Waals surface area contributed by atoms with Crippen LogP contribution in [0, 0.1) is 11.8 Å². The first-order chi connectivity index (χ1) is 11.4. The highest BCUT2D eigenvalue weighted by molar-refractivity contribution is 5.67. The number of aliphatic hydroxyl groups is 1. The Bertz CT molecular complexity index is 675. The highest BCUT2D eigenvalue weighted by atomic mass is 16.3. The molecule has 1 aliphatic rings. The fourth-order valence-corrected chi connectivity index (χ4v) is 3.28. The summed E-state index contributed by atoms with van der Waals surface area (Å²) >= 11 is 0. The molecule has 0 amide bonds. The van der Waals surface area contributed by atoms with Crippen LogP contribution < -0.4 is 0 Å². The maximum absolute atomic E-state index is 10.7. The fraction of sp³-hybridized carbons (Fsp3) is 0.391. The molecule has 1 N–H and O–H groups in total. The molecule has 0 aliphatic heterocycles. The monoisotopic (exact) mass is 322 g/mol. The van der Waals surface area contributed by atoms with Gasteiger partial charge in [-0.3, -0.25) is 0 Å². The van der Waals surface area contributed by atoms with Gasteiger partial charge < -0.3 is 5.11 Å². The molecule has 0 saturated carbocycles. The highest BCUT2D eigenvalue weighted by Crippen LogP contribution is 2.35. The van der Waals surface area contributed by atoms with Gasteiger partial charge in [-0.1, -0.05) is 74.6 Å². The van der Waals surface area contributed by atoms with Crippen molar-refractivity contribution >= 4 is 5.76 Å². The molecule has 2 rings (SSSR count). The molecule has 0 saturated heterocycles. The molecule has 1 aromatic rings. The van der Waals surface area contributed by atoms with E-state index in [1.165, 1.54) is 11.1 Å². The topological polar surface area (TPSA) is 20.2 Å². The van der Waals surface area contributed by atoms with Crippen molar-refractivity contribution in [3.8, 4) is 0 Å². The highest BCUT2D eigenvalue weighted by Gasteiger charge is 2.22. The van der Waals surface area contributed by atoms with Gasteiger partial charge >= 0.3 is 0 Å². The van der Waals surface area contributed by atoms with Gasteiger partial charge in [-0.25, -0.2) is 0 Å². The largest absolute Gasteiger partial charge is 0.507 e. The van der Waals surface area contributed by atoms with Crippen molar-refractivity contribution in [2.45, 2.75) is 46.5 Å². The molecular formula is C23H30O. The maximum atomic E-state index is 10.7. The lowest BCUT2D eigenvalue weighted by Crippen LogP contribution is -2.12. The van der Waals surface area contributed by atoms with E-state index in [4.69, 9.17) is 0 Å². The molecule has 1 aromatic carbocycles. The van der Waals surface area contributed by atoms with Crippen LogP contribution >= 0.6 is 0 Å². The maximum Gasteiger partial charge on any atom is 0.122 e. The minimum atomic E-state index is 0.402. The number of hydrogen-bond acceptors (Lipinski definition) is 1. The number of rotatable bonds is 7. The van der Waals surface area contributed by atoms with E-state index in [1.807, 2.05) is 31.2 Å². The summed E-state index contributed by atoms with van der Waals surface area (Å²) in [6.07, 6.45) is 8.25. The summed E-state index contributed by atoms with van der Waals surface area (Å²) < 4.78 is 0. The molecule has 1 nitrogen and oxygen atoms in total. The molecule has 0 fully saturated rings. The second kappa shape index (κ2) is 8.19. The van der Waals surface area contributed by atoms with E-state index in [0.29, 0.717) is 17.6 Å². The van der Waals surface area contributed by atoms with Crippen LogP contribution in [0.4, 0.5) is 0 Å². The smallest absolute Gasteiger partial charge is 0.122 e. The summed E-state index contributed by atoms with van der Waals surface area (Å²) in [6, 6.07) is 8.20. The van der Waals surface area contributed by atoms with Gasteiger partial charge in [0.1, 0.15) is 5.76 Å². The molecule has 2 unspecified atom stereocenters. The predicted octanol–water partition coefficient (Wildman–Crippen LogP) is 6.64. The molecule has 24 heavy (non-hydrogen) atoms. The second-order valence-electron chi connectivity index (χ2n) is 7.17. The first kappa shape index (κ1) is 18.3. The molecule has 2 atom stereocenters. The van der Waals surface area contributed by atoms with Crippen LogP contribution in [0.3, 0.4) is 0 Å². The number of allylic oxidation sites excluding steroid dienone is 5. The lowest BCUT2D eigenvalue weighted by atomic mass is 9.81. The average Bonchev–Trinajstić information content (AvgIpc) is 2.57. The van der Waals surface area contributed by atoms with Gasteiger partial charge in [0.05, 0.1) is 0 Å². The summed E-state index contributed by atoms with van der Waals surface area (Å²) in [5, 5.41) is 10.7. The van der Waals surface area contributed by atoms with E-state index in [0.717, 1.165) is 42.4 Å². The Hall–Kier alpha value is -2.02. The average molecular weight is 322 g/mol. The van der Waals surface area contributed by atoms with E-state index in [1.54, 1.807) is 0 Å². The number of benzene rings is 1. The molecule has 0 radical (unpaired) electrons. The van der Waals surface area contributed by atoms with E-state index in [9.17, 15) is 5.11 Å². The van der Waals surface area contributed by atoms with Gasteiger partial charge in [-0.2, -0.15) is 0 Å². The zero-order valence-corrected chi connectivity index (χ0v) is 15.3. The molecule has 1 aliphatic carbocycles. The van der Waals surface area contributed by atoms with Gasteiger partial charge in [0.2, 0.25) is 0 Å². The van der Waals surface area contributed by atoms with E-state index >= 15 is 0 Å². The zero-order valence-electron chi connectivity index (χ0n) is 15.3. The standard InChI is InChI=1S/C23H30O/c1-16(2)10-11-17(3)18(4)12-13-19(5)21-15-14-20-8-6-7-9-22(20)23(21)24/h6-11,18-19,24H,1,3,12-15H2,2,4-5H3/b11-10-. The third kappa shape index (κ3) is 4.50. The third-order valence-electron chi connectivity index (χ3n) is 5.08. The minimum absolute atomic E-state index is 0.402. The summed E-state index contributed by atoms with van der Waals surface area (Å²) in [5.74, 6) is 1.36. The van der Waals surface area contributed by atoms with Gasteiger partial charge in [0, 0.05) is 5.56 Å². The predicted molar refractivity (Wildman–Crippen MR) is 105 cm³/mol. The van der Waals surface area contributed by atoms with E-state index < -0.39 is 0 Å². The number of aryl methyl sites for hydroxylation is 1. The molecule has 0 bridgehead atoms. The summed E-state index contributed by atoms with van der Waals surface area (Å²) in [5.41, 5.74) is 5.69. The van der Waals surface area contributed by atoms with Crippen LogP contribution in [0.25, 0.3) is 5.76 Å². The second-order valence-corrected chi connectivity index (χ2v) is 7.17. The Kier molecular flexibility index (Phi) is 6.25. The number of hydrogen-bond donors (Lipinski definition) is 1. The lowest BCUT2D eigenvalue weighted by molar-refractivity contribution is 0.456. The Balaban J connectivity index is 1.99. The molecule has 0 heterocycles. The molecule has 128 valence electrons. The van der Waals surface area contributed by atoms with Gasteiger partial charge in [-0.15, -0.1) is 0 Å². The molecule has 0 spiro atoms. The normalized spacial score (nSPS) is 16.8. The van der Waals surface area contributed by atoms with Crippen LogP contribution in [-0.4, -0.2) is 5.11 Å². The van der Waals surface area contributed by atoms with Crippen molar-refractivity contribution in [1.82, 2.24) is 0 Å². The quantitative estimate of drug-likeness (QED) is 0.558. The number of aliphatic hydroxyl groups excluding tert-OH is 1. The fourth-order valence-electron chi connectivity index (χ4n) is 3.28. The van der Waals surface area contributed by atoms with Gasteiger partial charge in [0.15, 0.2) is 0 Å². The number of fused-ring (bicyclic) bond motifs is 1. The van der Waals surface area contributed by atoms with Gasteiger partial charge in [0.25, 0.3) is 0 Å². The first-order valence-corrected chi connectivity index (χ1v) is 8.92. The van der Waals surface area contributed by atoms with Crippen LogP contribution in [-0.2, 0) is 6.42 Å². The third-order valence-corrected chi connectivity index (χ3v) is 5.08. The Morgan fingerprint density at radius 2 is 1.83 bits per heavy atom. The van der Waals surface area contributed by atoms with Crippen LogP contribution in [0.5, 0.6) is 0 Å². The van der Waals surface area contributed by atoms with Crippen LogP contribution in [0.15, 0.2) is 66.3 Å². The van der Waals surface area contributed by atoms with Crippen molar-refractivity contribution in [1.29, 1.82) is 0 Å². The van der Waals surface area contributed by atoms with Crippen molar-refractivity contribution in [3.05, 3.63) is 77.4 Å². The summed E-state index contributed by atoms with van der Waals surface area (Å²) in [6.45, 7) is 14.5. The van der Waals surface area contributed by atoms with Crippen molar-refractivity contribution < 1.29 is 5.11 Å². The summed E-state index contributed by atoms with van der Waals surface area (Å²) in [7, 11) is 0. The minimum Gasteiger partial charge on any atom is -0.507 e. The van der Waals surface area contributed by atoms with Gasteiger partial charge in [-0.05, 0) is 55.6 Å². The molecular weight excluding hydrogens is 292 g/mol. The molecule has 0 aromatic heterocycles. The summed E-state index contributed by atoms with van der Waals surface area (Å²) in [4.78, 5) is 0. The lowest BCUT2D eigenvalue weighted by Gasteiger charge is -2.25. The van der Waals surface area contributed by atoms with Crippen molar-refractivity contribution in [3.63, 3.8) is 0 Å². The Labute approximate surface area is 147 Å².